The van der Waals surface area contributed by atoms with Crippen molar-refractivity contribution in [2.45, 2.75) is 38.8 Å². The number of halogens is 1. The van der Waals surface area contributed by atoms with E-state index >= 15 is 0 Å². The van der Waals surface area contributed by atoms with Crippen LogP contribution in [0.4, 0.5) is 0 Å². The molecule has 3 nitrogen and oxygen atoms in total. The van der Waals surface area contributed by atoms with Crippen LogP contribution in [-0.2, 0) is 0 Å². The molecule has 140 valence electrons. The highest BCUT2D eigenvalue weighted by atomic mass is 35.5. The van der Waals surface area contributed by atoms with E-state index in [1.54, 1.807) is 0 Å². The maximum absolute atomic E-state index is 6.61. The van der Waals surface area contributed by atoms with Gasteiger partial charge in [0, 0.05) is 40.1 Å². The minimum atomic E-state index is 0.160. The molecule has 0 saturated carbocycles. The summed E-state index contributed by atoms with van der Waals surface area (Å²) in [6, 6.07) is 17.1. The van der Waals surface area contributed by atoms with Gasteiger partial charge in [0.05, 0.1) is 6.04 Å². The van der Waals surface area contributed by atoms with Crippen molar-refractivity contribution in [3.63, 3.8) is 0 Å². The first-order valence-corrected chi connectivity index (χ1v) is 10.2. The number of fused-ring (bicyclic) bond motifs is 3. The minimum absolute atomic E-state index is 0.160. The molecule has 1 aliphatic heterocycles. The Labute approximate surface area is 170 Å². The van der Waals surface area contributed by atoms with E-state index in [-0.39, 0.29) is 12.0 Å². The average molecular weight is 398 g/mol. The van der Waals surface area contributed by atoms with Crippen molar-refractivity contribution in [1.29, 1.82) is 0 Å². The number of rotatable bonds is 2. The standard InChI is InChI=1S/C22H24ClN3S/c1-13(2)24-22(27)26-12-17(15-8-4-6-10-18(15)23)20-16-9-5-7-11-19(16)25-21(20)14(26)3/h4-11,13-14,17,25H,12H2,1-3H3,(H,24,27)/t14-,17+/m0/s1. The summed E-state index contributed by atoms with van der Waals surface area (Å²) in [5.41, 5.74) is 4.88. The first-order valence-electron chi connectivity index (χ1n) is 9.39. The summed E-state index contributed by atoms with van der Waals surface area (Å²) in [7, 11) is 0. The van der Waals surface area contributed by atoms with Crippen molar-refractivity contribution in [3.05, 3.63) is 70.4 Å². The third-order valence-corrected chi connectivity index (χ3v) is 6.04. The molecule has 0 aliphatic carbocycles. The van der Waals surface area contributed by atoms with Gasteiger partial charge in [0.1, 0.15) is 0 Å². The van der Waals surface area contributed by atoms with Crippen molar-refractivity contribution in [2.75, 3.05) is 6.54 Å². The molecule has 0 fully saturated rings. The van der Waals surface area contributed by atoms with Gasteiger partial charge in [0.25, 0.3) is 0 Å². The Morgan fingerprint density at radius 1 is 1.19 bits per heavy atom. The van der Waals surface area contributed by atoms with Gasteiger partial charge in [-0.3, -0.25) is 0 Å². The Bertz CT molecular complexity index is 994. The van der Waals surface area contributed by atoms with Crippen LogP contribution in [0.2, 0.25) is 5.02 Å². The van der Waals surface area contributed by atoms with Crippen molar-refractivity contribution in [2.24, 2.45) is 0 Å². The number of thiocarbonyl (C=S) groups is 1. The first kappa shape index (κ1) is 18.3. The molecular formula is C22H24ClN3S. The zero-order valence-corrected chi connectivity index (χ0v) is 17.4. The Morgan fingerprint density at radius 2 is 1.89 bits per heavy atom. The van der Waals surface area contributed by atoms with E-state index in [0.717, 1.165) is 27.8 Å². The Kier molecular flexibility index (Phi) is 4.87. The molecule has 27 heavy (non-hydrogen) atoms. The van der Waals surface area contributed by atoms with Crippen LogP contribution in [0.5, 0.6) is 0 Å². The topological polar surface area (TPSA) is 31.1 Å². The van der Waals surface area contributed by atoms with Crippen LogP contribution < -0.4 is 5.32 Å². The summed E-state index contributed by atoms with van der Waals surface area (Å²) < 4.78 is 0. The second-order valence-corrected chi connectivity index (χ2v) is 8.30. The van der Waals surface area contributed by atoms with Gasteiger partial charge in [0.15, 0.2) is 5.11 Å². The number of nitrogens with zero attached hydrogens (tertiary/aromatic N) is 1. The van der Waals surface area contributed by atoms with Gasteiger partial charge >= 0.3 is 0 Å². The Morgan fingerprint density at radius 3 is 2.63 bits per heavy atom. The zero-order valence-electron chi connectivity index (χ0n) is 15.8. The number of nitrogens with one attached hydrogen (secondary N) is 2. The molecule has 2 heterocycles. The predicted octanol–water partition coefficient (Wildman–Crippen LogP) is 5.61. The molecule has 1 aromatic heterocycles. The minimum Gasteiger partial charge on any atom is -0.360 e. The summed E-state index contributed by atoms with van der Waals surface area (Å²) >= 11 is 12.4. The van der Waals surface area contributed by atoms with Crippen molar-refractivity contribution < 1.29 is 0 Å². The molecule has 3 aromatic rings. The van der Waals surface area contributed by atoms with Gasteiger partial charge in [-0.1, -0.05) is 48.0 Å². The van der Waals surface area contributed by atoms with E-state index in [0.29, 0.717) is 6.04 Å². The van der Waals surface area contributed by atoms with E-state index in [1.165, 1.54) is 16.6 Å². The van der Waals surface area contributed by atoms with Gasteiger partial charge in [-0.2, -0.15) is 0 Å². The lowest BCUT2D eigenvalue weighted by Crippen LogP contribution is -2.48. The maximum atomic E-state index is 6.61. The van der Waals surface area contributed by atoms with E-state index < -0.39 is 0 Å². The third kappa shape index (κ3) is 3.21. The molecule has 2 aromatic carbocycles. The van der Waals surface area contributed by atoms with Gasteiger partial charge < -0.3 is 15.2 Å². The molecule has 4 rings (SSSR count). The van der Waals surface area contributed by atoms with Gasteiger partial charge in [0.2, 0.25) is 0 Å². The molecule has 0 bridgehead atoms. The Balaban J connectivity index is 1.89. The SMILES string of the molecule is CC(C)NC(=S)N1C[C@H](c2ccccc2Cl)c2c([nH]c3ccccc23)[C@@H]1C. The second kappa shape index (κ2) is 7.17. The van der Waals surface area contributed by atoms with Crippen LogP contribution in [0.3, 0.4) is 0 Å². The fourth-order valence-corrected chi connectivity index (χ4v) is 4.83. The highest BCUT2D eigenvalue weighted by Gasteiger charge is 2.36. The fraction of sp³-hybridized carbons (Fsp3) is 0.318. The first-order chi connectivity index (χ1) is 13.0. The molecule has 0 saturated heterocycles. The van der Waals surface area contributed by atoms with Crippen LogP contribution in [0.15, 0.2) is 48.5 Å². The molecular weight excluding hydrogens is 374 g/mol. The molecule has 0 radical (unpaired) electrons. The predicted molar refractivity (Wildman–Crippen MR) is 118 cm³/mol. The number of aromatic nitrogens is 1. The summed E-state index contributed by atoms with van der Waals surface area (Å²) in [6.45, 7) is 7.24. The van der Waals surface area contributed by atoms with Gasteiger partial charge in [-0.25, -0.2) is 0 Å². The third-order valence-electron chi connectivity index (χ3n) is 5.34. The number of benzene rings is 2. The highest BCUT2D eigenvalue weighted by molar-refractivity contribution is 7.80. The number of hydrogen-bond donors (Lipinski definition) is 2. The quantitative estimate of drug-likeness (QED) is 0.551. The van der Waals surface area contributed by atoms with Crippen LogP contribution in [0, 0.1) is 0 Å². The molecule has 1 aliphatic rings. The molecule has 2 atom stereocenters. The zero-order chi connectivity index (χ0) is 19.1. The van der Waals surface area contributed by atoms with Crippen LogP contribution in [-0.4, -0.2) is 27.6 Å². The van der Waals surface area contributed by atoms with Crippen molar-refractivity contribution >= 4 is 39.8 Å². The van der Waals surface area contributed by atoms with E-state index in [1.807, 2.05) is 12.1 Å². The lowest BCUT2D eigenvalue weighted by atomic mass is 9.84. The lowest BCUT2D eigenvalue weighted by Gasteiger charge is -2.40. The molecule has 5 heteroatoms. The van der Waals surface area contributed by atoms with Crippen molar-refractivity contribution in [1.82, 2.24) is 15.2 Å². The number of para-hydroxylation sites is 1. The van der Waals surface area contributed by atoms with E-state index in [2.05, 4.69) is 72.4 Å². The largest absolute Gasteiger partial charge is 0.360 e. The number of hydrogen-bond acceptors (Lipinski definition) is 1. The average Bonchev–Trinajstić information content (AvgIpc) is 3.02. The molecule has 2 N–H and O–H groups in total. The van der Waals surface area contributed by atoms with E-state index in [4.69, 9.17) is 23.8 Å². The summed E-state index contributed by atoms with van der Waals surface area (Å²) in [4.78, 5) is 5.93. The fourth-order valence-electron chi connectivity index (χ4n) is 4.09. The molecule has 0 spiro atoms. The molecule has 0 amide bonds. The molecule has 0 unspecified atom stereocenters. The second-order valence-electron chi connectivity index (χ2n) is 7.50. The Hall–Kier alpha value is -2.04. The normalized spacial score (nSPS) is 19.4. The summed E-state index contributed by atoms with van der Waals surface area (Å²) in [6.07, 6.45) is 0. The number of H-pyrrole nitrogens is 1. The summed E-state index contributed by atoms with van der Waals surface area (Å²) in [5.74, 6) is 0.160. The van der Waals surface area contributed by atoms with Crippen LogP contribution >= 0.6 is 23.8 Å². The monoisotopic (exact) mass is 397 g/mol. The van der Waals surface area contributed by atoms with Crippen molar-refractivity contribution in [3.8, 4) is 0 Å². The lowest BCUT2D eigenvalue weighted by molar-refractivity contribution is 0.292. The van der Waals surface area contributed by atoms with Gasteiger partial charge in [-0.15, -0.1) is 0 Å². The van der Waals surface area contributed by atoms with E-state index in [9.17, 15) is 0 Å². The van der Waals surface area contributed by atoms with Gasteiger partial charge in [-0.05, 0) is 56.2 Å². The summed E-state index contributed by atoms with van der Waals surface area (Å²) in [5, 5.41) is 6.27. The maximum Gasteiger partial charge on any atom is 0.169 e. The van der Waals surface area contributed by atoms with Crippen LogP contribution in [0.25, 0.3) is 10.9 Å². The van der Waals surface area contributed by atoms with Crippen LogP contribution in [0.1, 0.15) is 49.6 Å². The number of aromatic amines is 1. The smallest absolute Gasteiger partial charge is 0.169 e. The highest BCUT2D eigenvalue weighted by Crippen LogP contribution is 2.44.